The minimum Gasteiger partial charge on any atom is -0.480 e. The molecule has 0 aromatic carbocycles. The standard InChI is InChI=1S/C13H17F3N2O4S/c1-3-4-18(6-10(20)21)9(19)5-12(22,13(14,15)16)11-17-8(2)7-23-11/h7,22H,3-6H2,1-2H3,(H,20,21). The van der Waals surface area contributed by atoms with Crippen molar-refractivity contribution in [3.8, 4) is 0 Å². The van der Waals surface area contributed by atoms with Crippen LogP contribution in [0.1, 0.15) is 30.5 Å². The van der Waals surface area contributed by atoms with Crippen LogP contribution in [0, 0.1) is 6.92 Å². The third-order valence-electron chi connectivity index (χ3n) is 3.02. The van der Waals surface area contributed by atoms with Crippen LogP contribution >= 0.6 is 11.3 Å². The number of aryl methyl sites for hydroxylation is 1. The molecule has 0 fully saturated rings. The van der Waals surface area contributed by atoms with Crippen molar-refractivity contribution >= 4 is 23.2 Å². The molecule has 1 aromatic rings. The summed E-state index contributed by atoms with van der Waals surface area (Å²) in [5.41, 5.74) is -3.15. The number of alkyl halides is 3. The van der Waals surface area contributed by atoms with E-state index in [1.807, 2.05) is 0 Å². The maximum absolute atomic E-state index is 13.3. The molecule has 0 aliphatic heterocycles. The largest absolute Gasteiger partial charge is 0.480 e. The fraction of sp³-hybridized carbons (Fsp3) is 0.615. The third kappa shape index (κ3) is 4.64. The molecule has 1 amide bonds. The minimum atomic E-state index is -5.12. The van der Waals surface area contributed by atoms with Crippen LogP contribution in [0.4, 0.5) is 13.2 Å². The summed E-state index contributed by atoms with van der Waals surface area (Å²) < 4.78 is 39.9. The summed E-state index contributed by atoms with van der Waals surface area (Å²) in [6.45, 7) is 2.38. The first kappa shape index (κ1) is 19.4. The zero-order chi connectivity index (χ0) is 17.8. The number of carbonyl (C=O) groups excluding carboxylic acids is 1. The molecule has 0 bridgehead atoms. The number of aromatic nitrogens is 1. The second-order valence-electron chi connectivity index (χ2n) is 5.04. The molecule has 10 heteroatoms. The van der Waals surface area contributed by atoms with E-state index in [9.17, 15) is 27.9 Å². The van der Waals surface area contributed by atoms with Gasteiger partial charge in [-0.1, -0.05) is 6.92 Å². The molecule has 23 heavy (non-hydrogen) atoms. The number of aliphatic hydroxyl groups is 1. The van der Waals surface area contributed by atoms with Gasteiger partial charge in [0.05, 0.1) is 6.42 Å². The van der Waals surface area contributed by atoms with Gasteiger partial charge in [-0.2, -0.15) is 13.2 Å². The van der Waals surface area contributed by atoms with Gasteiger partial charge in [0.1, 0.15) is 11.6 Å². The number of aliphatic carboxylic acids is 1. The predicted molar refractivity (Wildman–Crippen MR) is 75.9 cm³/mol. The van der Waals surface area contributed by atoms with E-state index in [4.69, 9.17) is 5.11 Å². The van der Waals surface area contributed by atoms with Crippen molar-refractivity contribution in [3.63, 3.8) is 0 Å². The molecule has 0 spiro atoms. The lowest BCUT2D eigenvalue weighted by Crippen LogP contribution is -2.48. The van der Waals surface area contributed by atoms with Crippen LogP contribution in [0.25, 0.3) is 0 Å². The Morgan fingerprint density at radius 1 is 1.39 bits per heavy atom. The zero-order valence-electron chi connectivity index (χ0n) is 12.6. The lowest BCUT2D eigenvalue weighted by atomic mass is 9.98. The summed E-state index contributed by atoms with van der Waals surface area (Å²) in [5.74, 6) is -2.44. The SMILES string of the molecule is CCCN(CC(=O)O)C(=O)CC(O)(c1nc(C)cs1)C(F)(F)F. The molecule has 1 rings (SSSR count). The van der Waals surface area contributed by atoms with E-state index in [1.165, 1.54) is 12.3 Å². The zero-order valence-corrected chi connectivity index (χ0v) is 13.4. The fourth-order valence-electron chi connectivity index (χ4n) is 1.90. The van der Waals surface area contributed by atoms with Gasteiger partial charge in [0.25, 0.3) is 0 Å². The first-order chi connectivity index (χ1) is 10.5. The number of carbonyl (C=O) groups is 2. The molecule has 130 valence electrons. The number of nitrogens with zero attached hydrogens (tertiary/aromatic N) is 2. The number of hydrogen-bond donors (Lipinski definition) is 2. The van der Waals surface area contributed by atoms with Gasteiger partial charge in [-0.05, 0) is 13.3 Å². The highest BCUT2D eigenvalue weighted by Crippen LogP contribution is 2.43. The molecule has 0 saturated carbocycles. The highest BCUT2D eigenvalue weighted by molar-refractivity contribution is 7.09. The number of hydrogen-bond acceptors (Lipinski definition) is 5. The molecular weight excluding hydrogens is 337 g/mol. The Morgan fingerprint density at radius 2 is 2.00 bits per heavy atom. The fourth-order valence-corrected chi connectivity index (χ4v) is 2.81. The molecule has 1 heterocycles. The summed E-state index contributed by atoms with van der Waals surface area (Å²) in [6, 6.07) is 0. The molecule has 2 N–H and O–H groups in total. The van der Waals surface area contributed by atoms with Crippen LogP contribution in [-0.4, -0.2) is 51.2 Å². The lowest BCUT2D eigenvalue weighted by Gasteiger charge is -2.30. The van der Waals surface area contributed by atoms with Crippen LogP contribution < -0.4 is 0 Å². The Morgan fingerprint density at radius 3 is 2.39 bits per heavy atom. The predicted octanol–water partition coefficient (Wildman–Crippen LogP) is 1.91. The van der Waals surface area contributed by atoms with Crippen molar-refractivity contribution in [1.29, 1.82) is 0 Å². The van der Waals surface area contributed by atoms with E-state index < -0.39 is 41.6 Å². The van der Waals surface area contributed by atoms with Crippen molar-refractivity contribution in [2.45, 2.75) is 38.5 Å². The molecule has 1 atom stereocenters. The molecular formula is C13H17F3N2O4S. The maximum Gasteiger partial charge on any atom is 0.424 e. The van der Waals surface area contributed by atoms with Crippen LogP contribution in [-0.2, 0) is 15.2 Å². The van der Waals surface area contributed by atoms with Crippen molar-refractivity contribution < 1.29 is 33.0 Å². The van der Waals surface area contributed by atoms with Crippen LogP contribution in [0.5, 0.6) is 0 Å². The van der Waals surface area contributed by atoms with Crippen molar-refractivity contribution in [3.05, 3.63) is 16.1 Å². The molecule has 0 aliphatic carbocycles. The monoisotopic (exact) mass is 354 g/mol. The Balaban J connectivity index is 3.10. The van der Waals surface area contributed by atoms with Crippen LogP contribution in [0.15, 0.2) is 5.38 Å². The minimum absolute atomic E-state index is 0.0179. The number of halogens is 3. The van der Waals surface area contributed by atoms with Crippen LogP contribution in [0.2, 0.25) is 0 Å². The van der Waals surface area contributed by atoms with Gasteiger partial charge in [-0.25, -0.2) is 4.98 Å². The second-order valence-corrected chi connectivity index (χ2v) is 5.90. The van der Waals surface area contributed by atoms with Crippen molar-refractivity contribution in [1.82, 2.24) is 9.88 Å². The summed E-state index contributed by atoms with van der Waals surface area (Å²) in [5, 5.41) is 19.5. The van der Waals surface area contributed by atoms with Crippen molar-refractivity contribution in [2.24, 2.45) is 0 Å². The molecule has 0 aliphatic rings. The average Bonchev–Trinajstić information content (AvgIpc) is 2.83. The van der Waals surface area contributed by atoms with Gasteiger partial charge >= 0.3 is 12.1 Å². The number of amides is 1. The number of carboxylic acid groups (broad SMARTS) is 1. The number of thiazole rings is 1. The van der Waals surface area contributed by atoms with E-state index >= 15 is 0 Å². The summed E-state index contributed by atoms with van der Waals surface area (Å²) in [4.78, 5) is 27.2. The van der Waals surface area contributed by atoms with Gasteiger partial charge in [0.15, 0.2) is 0 Å². The first-order valence-corrected chi connectivity index (χ1v) is 7.60. The number of rotatable bonds is 7. The van der Waals surface area contributed by atoms with Gasteiger partial charge < -0.3 is 15.1 Å². The number of carboxylic acids is 1. The molecule has 1 unspecified atom stereocenters. The topological polar surface area (TPSA) is 90.7 Å². The average molecular weight is 354 g/mol. The second kappa shape index (κ2) is 7.26. The Labute approximate surface area is 134 Å². The highest BCUT2D eigenvalue weighted by atomic mass is 32.1. The Hall–Kier alpha value is -1.68. The van der Waals surface area contributed by atoms with Gasteiger partial charge in [0.2, 0.25) is 11.5 Å². The van der Waals surface area contributed by atoms with E-state index in [1.54, 1.807) is 6.92 Å². The van der Waals surface area contributed by atoms with E-state index in [-0.39, 0.29) is 12.2 Å². The lowest BCUT2D eigenvalue weighted by molar-refractivity contribution is -0.268. The highest BCUT2D eigenvalue weighted by Gasteiger charge is 2.58. The molecule has 6 nitrogen and oxygen atoms in total. The van der Waals surface area contributed by atoms with Gasteiger partial charge in [0, 0.05) is 17.6 Å². The van der Waals surface area contributed by atoms with E-state index in [2.05, 4.69) is 4.98 Å². The third-order valence-corrected chi connectivity index (χ3v) is 4.13. The summed E-state index contributed by atoms with van der Waals surface area (Å²) >= 11 is 0.596. The van der Waals surface area contributed by atoms with Gasteiger partial charge in [-0.15, -0.1) is 11.3 Å². The Bertz CT molecular complexity index is 576. The first-order valence-electron chi connectivity index (χ1n) is 6.72. The van der Waals surface area contributed by atoms with Crippen LogP contribution in [0.3, 0.4) is 0 Å². The smallest absolute Gasteiger partial charge is 0.424 e. The summed E-state index contributed by atoms with van der Waals surface area (Å²) in [6.07, 6.45) is -6.05. The van der Waals surface area contributed by atoms with Gasteiger partial charge in [-0.3, -0.25) is 9.59 Å². The van der Waals surface area contributed by atoms with E-state index in [0.717, 1.165) is 4.90 Å². The van der Waals surface area contributed by atoms with Crippen molar-refractivity contribution in [2.75, 3.05) is 13.1 Å². The molecule has 1 aromatic heterocycles. The quantitative estimate of drug-likeness (QED) is 0.781. The molecule has 0 saturated heterocycles. The normalized spacial score (nSPS) is 14.3. The Kier molecular flexibility index (Phi) is 6.11. The maximum atomic E-state index is 13.3. The molecule has 0 radical (unpaired) electrons. The van der Waals surface area contributed by atoms with E-state index in [0.29, 0.717) is 17.8 Å². The summed E-state index contributed by atoms with van der Waals surface area (Å²) in [7, 11) is 0.